The van der Waals surface area contributed by atoms with Crippen LogP contribution in [-0.2, 0) is 0 Å². The van der Waals surface area contributed by atoms with Crippen LogP contribution in [0.2, 0.25) is 5.02 Å². The molecule has 0 bridgehead atoms. The molecule has 4 heteroatoms. The van der Waals surface area contributed by atoms with Crippen molar-refractivity contribution >= 4 is 33.2 Å². The third-order valence-corrected chi connectivity index (χ3v) is 2.96. The molecule has 1 nitrogen and oxygen atoms in total. The first-order valence-electron chi connectivity index (χ1n) is 4.58. The zero-order valence-electron chi connectivity index (χ0n) is 8.18. The fourth-order valence-corrected chi connectivity index (χ4v) is 2.02. The summed E-state index contributed by atoms with van der Waals surface area (Å²) in [4.78, 5) is 0. The molecule has 16 heavy (non-hydrogen) atoms. The monoisotopic (exact) mass is 299 g/mol. The second-order valence-corrected chi connectivity index (χ2v) is 4.71. The number of nitrogens with two attached hydrogens (primary N) is 1. The molecule has 0 heterocycles. The first-order valence-corrected chi connectivity index (χ1v) is 5.75. The standard InChI is InChI=1S/C12H8BrClFN/c13-7-1-4-11(15)10(5-7)9-3-2-8(14)6-12(9)16/h1-6H,16H2. The van der Waals surface area contributed by atoms with E-state index in [-0.39, 0.29) is 5.82 Å². The third kappa shape index (κ3) is 2.20. The highest BCUT2D eigenvalue weighted by Crippen LogP contribution is 2.32. The van der Waals surface area contributed by atoms with E-state index in [0.717, 1.165) is 4.47 Å². The molecular formula is C12H8BrClFN. The van der Waals surface area contributed by atoms with Crippen molar-refractivity contribution < 1.29 is 4.39 Å². The first-order chi connectivity index (χ1) is 7.58. The van der Waals surface area contributed by atoms with Crippen molar-refractivity contribution in [3.05, 3.63) is 51.7 Å². The van der Waals surface area contributed by atoms with Gasteiger partial charge in [0.1, 0.15) is 5.82 Å². The minimum atomic E-state index is -0.308. The molecule has 0 fully saturated rings. The van der Waals surface area contributed by atoms with E-state index in [4.69, 9.17) is 17.3 Å². The summed E-state index contributed by atoms with van der Waals surface area (Å²) < 4.78 is 14.4. The minimum absolute atomic E-state index is 0.308. The molecule has 0 aliphatic carbocycles. The Labute approximate surface area is 106 Å². The summed E-state index contributed by atoms with van der Waals surface area (Å²) in [5.74, 6) is -0.308. The van der Waals surface area contributed by atoms with Crippen molar-refractivity contribution in [3.8, 4) is 11.1 Å². The number of rotatable bonds is 1. The van der Waals surface area contributed by atoms with Crippen LogP contribution in [0.1, 0.15) is 0 Å². The van der Waals surface area contributed by atoms with E-state index in [0.29, 0.717) is 21.8 Å². The summed E-state index contributed by atoms with van der Waals surface area (Å²) in [7, 11) is 0. The lowest BCUT2D eigenvalue weighted by Gasteiger charge is -2.08. The van der Waals surface area contributed by atoms with Gasteiger partial charge in [-0.2, -0.15) is 0 Å². The van der Waals surface area contributed by atoms with Gasteiger partial charge in [0.15, 0.2) is 0 Å². The summed E-state index contributed by atoms with van der Waals surface area (Å²) in [6, 6.07) is 9.74. The van der Waals surface area contributed by atoms with Gasteiger partial charge >= 0.3 is 0 Å². The average molecular weight is 301 g/mol. The largest absolute Gasteiger partial charge is 0.398 e. The van der Waals surface area contributed by atoms with E-state index in [1.165, 1.54) is 6.07 Å². The molecule has 0 aliphatic rings. The van der Waals surface area contributed by atoms with Gasteiger partial charge in [-0.15, -0.1) is 0 Å². The van der Waals surface area contributed by atoms with Gasteiger partial charge in [-0.25, -0.2) is 4.39 Å². The lowest BCUT2D eigenvalue weighted by atomic mass is 10.0. The van der Waals surface area contributed by atoms with Crippen LogP contribution in [0.5, 0.6) is 0 Å². The second-order valence-electron chi connectivity index (χ2n) is 3.36. The maximum Gasteiger partial charge on any atom is 0.131 e. The van der Waals surface area contributed by atoms with Crippen LogP contribution in [0.15, 0.2) is 40.9 Å². The highest BCUT2D eigenvalue weighted by Gasteiger charge is 2.09. The molecule has 2 rings (SSSR count). The molecule has 0 saturated heterocycles. The molecular weight excluding hydrogens is 292 g/mol. The maximum atomic E-state index is 13.6. The van der Waals surface area contributed by atoms with Crippen LogP contribution >= 0.6 is 27.5 Å². The number of benzene rings is 2. The van der Waals surface area contributed by atoms with Gasteiger partial charge in [0.05, 0.1) is 0 Å². The first kappa shape index (κ1) is 11.4. The Bertz CT molecular complexity index is 543. The molecule has 2 aromatic rings. The molecule has 0 radical (unpaired) electrons. The fourth-order valence-electron chi connectivity index (χ4n) is 1.48. The number of anilines is 1. The van der Waals surface area contributed by atoms with Crippen molar-refractivity contribution in [3.63, 3.8) is 0 Å². The normalized spacial score (nSPS) is 10.4. The molecule has 0 atom stereocenters. The van der Waals surface area contributed by atoms with Gasteiger partial charge in [0.2, 0.25) is 0 Å². The molecule has 0 spiro atoms. The number of halogens is 3. The van der Waals surface area contributed by atoms with Gasteiger partial charge in [-0.05, 0) is 30.3 Å². The van der Waals surface area contributed by atoms with Crippen molar-refractivity contribution in [1.29, 1.82) is 0 Å². The molecule has 0 unspecified atom stereocenters. The van der Waals surface area contributed by atoms with Gasteiger partial charge < -0.3 is 5.73 Å². The van der Waals surface area contributed by atoms with Crippen molar-refractivity contribution in [2.75, 3.05) is 5.73 Å². The van der Waals surface area contributed by atoms with Crippen LogP contribution in [-0.4, -0.2) is 0 Å². The second kappa shape index (κ2) is 4.44. The maximum absolute atomic E-state index is 13.6. The summed E-state index contributed by atoms with van der Waals surface area (Å²) in [6.45, 7) is 0. The van der Waals surface area contributed by atoms with Crippen LogP contribution in [0, 0.1) is 5.82 Å². The van der Waals surface area contributed by atoms with E-state index >= 15 is 0 Å². The van der Waals surface area contributed by atoms with Crippen molar-refractivity contribution in [2.24, 2.45) is 0 Å². The fraction of sp³-hybridized carbons (Fsp3) is 0. The topological polar surface area (TPSA) is 26.0 Å². The third-order valence-electron chi connectivity index (χ3n) is 2.23. The summed E-state index contributed by atoms with van der Waals surface area (Å²) >= 11 is 9.09. The van der Waals surface area contributed by atoms with Gasteiger partial charge in [0, 0.05) is 26.3 Å². The Hall–Kier alpha value is -1.06. The minimum Gasteiger partial charge on any atom is -0.398 e. The quantitative estimate of drug-likeness (QED) is 0.772. The molecule has 2 N–H and O–H groups in total. The predicted molar refractivity (Wildman–Crippen MR) is 69.0 cm³/mol. The van der Waals surface area contributed by atoms with E-state index in [2.05, 4.69) is 15.9 Å². The summed E-state index contributed by atoms with van der Waals surface area (Å²) in [5.41, 5.74) is 7.37. The van der Waals surface area contributed by atoms with Crippen molar-refractivity contribution in [2.45, 2.75) is 0 Å². The SMILES string of the molecule is Nc1cc(Cl)ccc1-c1cc(Br)ccc1F. The predicted octanol–water partition coefficient (Wildman–Crippen LogP) is 4.49. The Balaban J connectivity index is 2.62. The van der Waals surface area contributed by atoms with Crippen LogP contribution < -0.4 is 5.73 Å². The number of hydrogen-bond acceptors (Lipinski definition) is 1. The Morgan fingerprint density at radius 2 is 1.81 bits per heavy atom. The molecule has 82 valence electrons. The Morgan fingerprint density at radius 3 is 2.50 bits per heavy atom. The highest BCUT2D eigenvalue weighted by molar-refractivity contribution is 9.10. The number of hydrogen-bond donors (Lipinski definition) is 1. The number of nitrogen functional groups attached to an aromatic ring is 1. The van der Waals surface area contributed by atoms with E-state index in [9.17, 15) is 4.39 Å². The van der Waals surface area contributed by atoms with Crippen LogP contribution in [0.3, 0.4) is 0 Å². The Kier molecular flexibility index (Phi) is 3.17. The van der Waals surface area contributed by atoms with Crippen molar-refractivity contribution in [1.82, 2.24) is 0 Å². The van der Waals surface area contributed by atoms with Crippen LogP contribution in [0.25, 0.3) is 11.1 Å². The van der Waals surface area contributed by atoms with Crippen LogP contribution in [0.4, 0.5) is 10.1 Å². The smallest absolute Gasteiger partial charge is 0.131 e. The van der Waals surface area contributed by atoms with E-state index in [1.54, 1.807) is 30.3 Å². The molecule has 2 aromatic carbocycles. The van der Waals surface area contributed by atoms with E-state index in [1.807, 2.05) is 0 Å². The Morgan fingerprint density at radius 1 is 1.06 bits per heavy atom. The van der Waals surface area contributed by atoms with Gasteiger partial charge in [-0.3, -0.25) is 0 Å². The van der Waals surface area contributed by atoms with Gasteiger partial charge in [-0.1, -0.05) is 33.6 Å². The molecule has 0 aliphatic heterocycles. The van der Waals surface area contributed by atoms with Gasteiger partial charge in [0.25, 0.3) is 0 Å². The average Bonchev–Trinajstić information content (AvgIpc) is 2.22. The molecule has 0 aromatic heterocycles. The van der Waals surface area contributed by atoms with E-state index < -0.39 is 0 Å². The zero-order chi connectivity index (χ0) is 11.7. The lowest BCUT2D eigenvalue weighted by Crippen LogP contribution is -1.92. The molecule has 0 amide bonds. The highest BCUT2D eigenvalue weighted by atomic mass is 79.9. The lowest BCUT2D eigenvalue weighted by molar-refractivity contribution is 0.631. The zero-order valence-corrected chi connectivity index (χ0v) is 10.5. The summed E-state index contributed by atoms with van der Waals surface area (Å²) in [5, 5.41) is 0.539. The molecule has 0 saturated carbocycles. The summed E-state index contributed by atoms with van der Waals surface area (Å²) in [6.07, 6.45) is 0.